The zero-order valence-corrected chi connectivity index (χ0v) is 12.6. The van der Waals surface area contributed by atoms with Crippen LogP contribution in [0.25, 0.3) is 0 Å². The van der Waals surface area contributed by atoms with Crippen molar-refractivity contribution in [3.05, 3.63) is 51.5 Å². The maximum atomic E-state index is 12.3. The highest BCUT2D eigenvalue weighted by atomic mass is 32.1. The Morgan fingerprint density at radius 1 is 1.29 bits per heavy atom. The highest BCUT2D eigenvalue weighted by Crippen LogP contribution is 2.20. The summed E-state index contributed by atoms with van der Waals surface area (Å²) in [6, 6.07) is 8.50. The molecule has 0 saturated carbocycles. The first-order valence-corrected chi connectivity index (χ1v) is 7.30. The normalized spacial score (nSPS) is 11.9. The number of nitrogens with zero attached hydrogens (tertiary/aromatic N) is 1. The van der Waals surface area contributed by atoms with E-state index in [4.69, 9.17) is 5.11 Å². The summed E-state index contributed by atoms with van der Waals surface area (Å²) >= 11 is 1.45. The van der Waals surface area contributed by atoms with E-state index in [1.807, 2.05) is 32.0 Å². The number of carboxylic acids is 1. The van der Waals surface area contributed by atoms with Gasteiger partial charge >= 0.3 is 5.97 Å². The Morgan fingerprint density at radius 3 is 2.48 bits per heavy atom. The molecule has 6 heteroatoms. The standard InChI is InChI=1S/C15H16N2O3S/c1-9-14(16-10(2)21-9)15(20)17-12(8-13(18)19)11-6-4-3-5-7-11/h3-7,12H,8H2,1-2H3,(H,17,20)(H,18,19). The van der Waals surface area contributed by atoms with Crippen molar-refractivity contribution in [1.82, 2.24) is 10.3 Å². The first kappa shape index (κ1) is 15.2. The van der Waals surface area contributed by atoms with Crippen LogP contribution in [0, 0.1) is 13.8 Å². The number of hydrogen-bond acceptors (Lipinski definition) is 4. The number of aryl methyl sites for hydroxylation is 2. The van der Waals surface area contributed by atoms with Crippen molar-refractivity contribution in [3.63, 3.8) is 0 Å². The van der Waals surface area contributed by atoms with Crippen LogP contribution in [0.1, 0.15) is 38.4 Å². The summed E-state index contributed by atoms with van der Waals surface area (Å²) in [5.41, 5.74) is 1.13. The van der Waals surface area contributed by atoms with Crippen molar-refractivity contribution in [2.24, 2.45) is 0 Å². The van der Waals surface area contributed by atoms with E-state index in [9.17, 15) is 9.59 Å². The number of hydrogen-bond donors (Lipinski definition) is 2. The molecule has 1 aromatic heterocycles. The number of nitrogens with one attached hydrogen (secondary N) is 1. The smallest absolute Gasteiger partial charge is 0.305 e. The number of thiazole rings is 1. The van der Waals surface area contributed by atoms with Crippen LogP contribution >= 0.6 is 11.3 Å². The number of amides is 1. The Hall–Kier alpha value is -2.21. The van der Waals surface area contributed by atoms with Crippen molar-refractivity contribution in [3.8, 4) is 0 Å². The van der Waals surface area contributed by atoms with Gasteiger partial charge in [-0.3, -0.25) is 9.59 Å². The number of benzene rings is 1. The molecular formula is C15H16N2O3S. The zero-order chi connectivity index (χ0) is 15.4. The summed E-state index contributed by atoms with van der Waals surface area (Å²) in [5, 5.41) is 12.6. The second kappa shape index (κ2) is 6.49. The van der Waals surface area contributed by atoms with E-state index in [1.165, 1.54) is 11.3 Å². The van der Waals surface area contributed by atoms with E-state index in [0.717, 1.165) is 15.4 Å². The topological polar surface area (TPSA) is 79.3 Å². The van der Waals surface area contributed by atoms with Gasteiger partial charge in [-0.05, 0) is 19.4 Å². The Kier molecular flexibility index (Phi) is 4.70. The highest BCUT2D eigenvalue weighted by molar-refractivity contribution is 7.11. The van der Waals surface area contributed by atoms with E-state index in [2.05, 4.69) is 10.3 Å². The summed E-state index contributed by atoms with van der Waals surface area (Å²) in [6.07, 6.45) is -0.169. The van der Waals surface area contributed by atoms with Crippen molar-refractivity contribution < 1.29 is 14.7 Å². The quantitative estimate of drug-likeness (QED) is 0.890. The van der Waals surface area contributed by atoms with Crippen LogP contribution < -0.4 is 5.32 Å². The van der Waals surface area contributed by atoms with Gasteiger partial charge in [0.15, 0.2) is 0 Å². The summed E-state index contributed by atoms with van der Waals surface area (Å²) < 4.78 is 0. The van der Waals surface area contributed by atoms with Crippen LogP contribution in [-0.2, 0) is 4.79 Å². The van der Waals surface area contributed by atoms with Gasteiger partial charge in [0.25, 0.3) is 5.91 Å². The lowest BCUT2D eigenvalue weighted by atomic mass is 10.0. The summed E-state index contributed by atoms with van der Waals surface area (Å²) in [7, 11) is 0. The predicted octanol–water partition coefficient (Wildman–Crippen LogP) is 2.71. The summed E-state index contributed by atoms with van der Waals surface area (Å²) in [6.45, 7) is 3.66. The Morgan fingerprint density at radius 2 is 1.95 bits per heavy atom. The maximum Gasteiger partial charge on any atom is 0.305 e. The van der Waals surface area contributed by atoms with Crippen LogP contribution in [0.15, 0.2) is 30.3 Å². The first-order chi connectivity index (χ1) is 9.97. The monoisotopic (exact) mass is 304 g/mol. The molecule has 1 aromatic carbocycles. The molecule has 0 fully saturated rings. The highest BCUT2D eigenvalue weighted by Gasteiger charge is 2.21. The molecule has 0 radical (unpaired) electrons. The number of aromatic nitrogens is 1. The van der Waals surface area contributed by atoms with Gasteiger partial charge in [-0.1, -0.05) is 30.3 Å². The van der Waals surface area contributed by atoms with E-state index in [0.29, 0.717) is 5.69 Å². The van der Waals surface area contributed by atoms with Gasteiger partial charge in [-0.15, -0.1) is 11.3 Å². The van der Waals surface area contributed by atoms with E-state index in [-0.39, 0.29) is 12.3 Å². The molecule has 0 aliphatic rings. The van der Waals surface area contributed by atoms with Gasteiger partial charge in [-0.2, -0.15) is 0 Å². The molecule has 0 saturated heterocycles. The molecule has 0 aliphatic carbocycles. The predicted molar refractivity (Wildman–Crippen MR) is 80.5 cm³/mol. The number of carbonyl (C=O) groups is 2. The molecular weight excluding hydrogens is 288 g/mol. The van der Waals surface area contributed by atoms with Crippen LogP contribution in [0.4, 0.5) is 0 Å². The van der Waals surface area contributed by atoms with E-state index >= 15 is 0 Å². The van der Waals surface area contributed by atoms with Gasteiger partial charge in [0, 0.05) is 4.88 Å². The average Bonchev–Trinajstić information content (AvgIpc) is 2.77. The molecule has 1 atom stereocenters. The number of aliphatic carboxylic acids is 1. The molecule has 0 bridgehead atoms. The second-order valence-electron chi connectivity index (χ2n) is 4.67. The number of carboxylic acid groups (broad SMARTS) is 1. The number of rotatable bonds is 5. The van der Waals surface area contributed by atoms with Crippen molar-refractivity contribution in [2.45, 2.75) is 26.3 Å². The minimum Gasteiger partial charge on any atom is -0.481 e. The van der Waals surface area contributed by atoms with Gasteiger partial charge in [0.1, 0.15) is 5.69 Å². The van der Waals surface area contributed by atoms with Gasteiger partial charge in [0.05, 0.1) is 17.5 Å². The lowest BCUT2D eigenvalue weighted by molar-refractivity contribution is -0.137. The van der Waals surface area contributed by atoms with Crippen LogP contribution in [0.3, 0.4) is 0 Å². The summed E-state index contributed by atoms with van der Waals surface area (Å²) in [4.78, 5) is 28.3. The third-order valence-electron chi connectivity index (χ3n) is 3.00. The van der Waals surface area contributed by atoms with E-state index in [1.54, 1.807) is 12.1 Å². The molecule has 2 N–H and O–H groups in total. The fraction of sp³-hybridized carbons (Fsp3) is 0.267. The fourth-order valence-electron chi connectivity index (χ4n) is 2.08. The molecule has 1 amide bonds. The lowest BCUT2D eigenvalue weighted by Gasteiger charge is -2.17. The molecule has 2 aromatic rings. The molecule has 110 valence electrons. The van der Waals surface area contributed by atoms with Gasteiger partial charge < -0.3 is 10.4 Å². The lowest BCUT2D eigenvalue weighted by Crippen LogP contribution is -2.30. The molecule has 2 rings (SSSR count). The Labute approximate surface area is 126 Å². The molecule has 0 aliphatic heterocycles. The second-order valence-corrected chi connectivity index (χ2v) is 6.08. The Bertz CT molecular complexity index is 652. The van der Waals surface area contributed by atoms with Crippen LogP contribution in [-0.4, -0.2) is 22.0 Å². The molecule has 1 unspecified atom stereocenters. The maximum absolute atomic E-state index is 12.3. The molecule has 21 heavy (non-hydrogen) atoms. The van der Waals surface area contributed by atoms with Crippen molar-refractivity contribution in [1.29, 1.82) is 0 Å². The third kappa shape index (κ3) is 3.88. The van der Waals surface area contributed by atoms with Crippen molar-refractivity contribution in [2.75, 3.05) is 0 Å². The number of carbonyl (C=O) groups excluding carboxylic acids is 1. The van der Waals surface area contributed by atoms with Crippen LogP contribution in [0.2, 0.25) is 0 Å². The average molecular weight is 304 g/mol. The van der Waals surface area contributed by atoms with Gasteiger partial charge in [0.2, 0.25) is 0 Å². The Balaban J connectivity index is 2.21. The van der Waals surface area contributed by atoms with Gasteiger partial charge in [-0.25, -0.2) is 4.98 Å². The van der Waals surface area contributed by atoms with E-state index < -0.39 is 12.0 Å². The minimum atomic E-state index is -0.963. The SMILES string of the molecule is Cc1nc(C(=O)NC(CC(=O)O)c2ccccc2)c(C)s1. The minimum absolute atomic E-state index is 0.169. The third-order valence-corrected chi connectivity index (χ3v) is 3.89. The van der Waals surface area contributed by atoms with Crippen molar-refractivity contribution >= 4 is 23.2 Å². The largest absolute Gasteiger partial charge is 0.481 e. The molecule has 0 spiro atoms. The fourth-order valence-corrected chi connectivity index (χ4v) is 2.89. The molecule has 5 nitrogen and oxygen atoms in total. The summed E-state index contributed by atoms with van der Waals surface area (Å²) in [5.74, 6) is -1.30. The zero-order valence-electron chi connectivity index (χ0n) is 11.8. The molecule has 1 heterocycles. The first-order valence-electron chi connectivity index (χ1n) is 6.49. The van der Waals surface area contributed by atoms with Crippen LogP contribution in [0.5, 0.6) is 0 Å².